The van der Waals surface area contributed by atoms with Crippen LogP contribution < -0.4 is 5.32 Å². The molecule has 0 aromatic carbocycles. The van der Waals surface area contributed by atoms with Crippen LogP contribution in [0.4, 0.5) is 0 Å². The van der Waals surface area contributed by atoms with E-state index in [0.29, 0.717) is 6.42 Å². The molecule has 0 bridgehead atoms. The Morgan fingerprint density at radius 1 is 1.42 bits per heavy atom. The predicted octanol–water partition coefficient (Wildman–Crippen LogP) is 1.93. The number of unbranched alkanes of at least 4 members (excludes halogenated alkanes) is 1. The number of phosphoric ester groups is 1. The van der Waals surface area contributed by atoms with Gasteiger partial charge in [0, 0.05) is 24.0 Å². The van der Waals surface area contributed by atoms with E-state index in [4.69, 9.17) is 9.79 Å². The molecule has 0 aromatic heterocycles. The molecule has 0 radical (unpaired) electrons. The largest absolute Gasteiger partial charge is 0.469 e. The predicted molar refractivity (Wildman–Crippen MR) is 77.9 cm³/mol. The molecular formula is C10H20NO5PS2. The minimum atomic E-state index is -4.42. The Labute approximate surface area is 121 Å². The van der Waals surface area contributed by atoms with Crippen molar-refractivity contribution in [1.82, 2.24) is 5.32 Å². The molecule has 1 heterocycles. The summed E-state index contributed by atoms with van der Waals surface area (Å²) < 4.78 is 14.6. The summed E-state index contributed by atoms with van der Waals surface area (Å²) in [5, 5.41) is 3.31. The van der Waals surface area contributed by atoms with Crippen molar-refractivity contribution in [1.29, 1.82) is 0 Å². The fourth-order valence-corrected chi connectivity index (χ4v) is 5.02. The van der Waals surface area contributed by atoms with Gasteiger partial charge in [-0.1, -0.05) is 28.0 Å². The van der Waals surface area contributed by atoms with E-state index in [1.807, 2.05) is 21.6 Å². The summed E-state index contributed by atoms with van der Waals surface area (Å²) in [5.41, 5.74) is 0. The standard InChI is InChI=1S/C10H20NO5PS2/c12-10(11-6-7-16-17(13,14)15)4-2-1-3-9-5-8-18-19-9/h9H,1-8H2,(H,11,12)(H2,13,14,15)/t9-/m0/s1. The Bertz CT molecular complexity index is 319. The lowest BCUT2D eigenvalue weighted by molar-refractivity contribution is -0.121. The van der Waals surface area contributed by atoms with Crippen molar-refractivity contribution in [3.63, 3.8) is 0 Å². The van der Waals surface area contributed by atoms with Gasteiger partial charge in [0.15, 0.2) is 0 Å². The van der Waals surface area contributed by atoms with Crippen LogP contribution in [0.25, 0.3) is 0 Å². The van der Waals surface area contributed by atoms with E-state index < -0.39 is 7.82 Å². The maximum atomic E-state index is 11.4. The SMILES string of the molecule is O=C(CCCC[C@H]1CCSS1)NCCOP(=O)(O)O. The number of rotatable bonds is 9. The first-order valence-corrected chi connectivity index (χ1v) is 10.1. The summed E-state index contributed by atoms with van der Waals surface area (Å²) in [6.07, 6.45) is 4.78. The molecule has 1 aliphatic heterocycles. The molecule has 6 nitrogen and oxygen atoms in total. The van der Waals surface area contributed by atoms with Crippen molar-refractivity contribution < 1.29 is 23.7 Å². The summed E-state index contributed by atoms with van der Waals surface area (Å²) in [5.74, 6) is 1.14. The number of hydrogen-bond acceptors (Lipinski definition) is 5. The molecule has 112 valence electrons. The maximum absolute atomic E-state index is 11.4. The number of phosphoric acid groups is 1. The van der Waals surface area contributed by atoms with Crippen LogP contribution in [0.1, 0.15) is 32.1 Å². The maximum Gasteiger partial charge on any atom is 0.469 e. The smallest absolute Gasteiger partial charge is 0.354 e. The highest BCUT2D eigenvalue weighted by atomic mass is 33.1. The molecule has 0 aliphatic carbocycles. The Kier molecular flexibility index (Phi) is 8.45. The molecule has 1 fully saturated rings. The van der Waals surface area contributed by atoms with Gasteiger partial charge >= 0.3 is 7.82 Å². The summed E-state index contributed by atoms with van der Waals surface area (Å²) in [4.78, 5) is 28.3. The van der Waals surface area contributed by atoms with Crippen LogP contribution in [-0.4, -0.2) is 39.8 Å². The van der Waals surface area contributed by atoms with E-state index in [0.717, 1.165) is 24.5 Å². The van der Waals surface area contributed by atoms with Crippen molar-refractivity contribution in [2.24, 2.45) is 0 Å². The lowest BCUT2D eigenvalue weighted by Crippen LogP contribution is -2.26. The second-order valence-corrected chi connectivity index (χ2v) is 8.28. The Balaban J connectivity index is 1.91. The van der Waals surface area contributed by atoms with Gasteiger partial charge in [-0.15, -0.1) is 0 Å². The number of amides is 1. The van der Waals surface area contributed by atoms with E-state index >= 15 is 0 Å². The first-order valence-electron chi connectivity index (χ1n) is 6.22. The monoisotopic (exact) mass is 329 g/mol. The zero-order valence-electron chi connectivity index (χ0n) is 10.6. The number of carbonyl (C=O) groups is 1. The molecule has 1 amide bonds. The number of carbonyl (C=O) groups excluding carboxylic acids is 1. The highest BCUT2D eigenvalue weighted by Gasteiger charge is 2.16. The summed E-state index contributed by atoms with van der Waals surface area (Å²) in [6, 6.07) is 0. The normalized spacial score (nSPS) is 19.6. The van der Waals surface area contributed by atoms with E-state index in [9.17, 15) is 9.36 Å². The zero-order valence-corrected chi connectivity index (χ0v) is 13.1. The topological polar surface area (TPSA) is 95.9 Å². The average Bonchev–Trinajstić information content (AvgIpc) is 2.82. The molecule has 0 unspecified atom stereocenters. The third-order valence-corrected chi connectivity index (χ3v) is 6.12. The molecule has 3 N–H and O–H groups in total. The van der Waals surface area contributed by atoms with Gasteiger partial charge in [0.05, 0.1) is 6.61 Å². The van der Waals surface area contributed by atoms with Crippen LogP contribution in [0, 0.1) is 0 Å². The van der Waals surface area contributed by atoms with Gasteiger partial charge in [0.1, 0.15) is 0 Å². The van der Waals surface area contributed by atoms with Gasteiger partial charge in [-0.2, -0.15) is 0 Å². The van der Waals surface area contributed by atoms with Gasteiger partial charge in [0.25, 0.3) is 0 Å². The van der Waals surface area contributed by atoms with Crippen molar-refractivity contribution in [2.75, 3.05) is 18.9 Å². The van der Waals surface area contributed by atoms with Gasteiger partial charge in [-0.3, -0.25) is 9.32 Å². The van der Waals surface area contributed by atoms with Gasteiger partial charge in [-0.25, -0.2) is 4.57 Å². The molecule has 9 heteroatoms. The van der Waals surface area contributed by atoms with Crippen LogP contribution in [0.15, 0.2) is 0 Å². The van der Waals surface area contributed by atoms with Crippen LogP contribution in [-0.2, 0) is 13.9 Å². The zero-order chi connectivity index (χ0) is 14.1. The molecule has 1 saturated heterocycles. The van der Waals surface area contributed by atoms with Crippen molar-refractivity contribution in [2.45, 2.75) is 37.4 Å². The van der Waals surface area contributed by atoms with Crippen molar-refractivity contribution in [3.8, 4) is 0 Å². The second-order valence-electron chi connectivity index (χ2n) is 4.25. The van der Waals surface area contributed by atoms with E-state index in [1.165, 1.54) is 12.2 Å². The molecular weight excluding hydrogens is 309 g/mol. The van der Waals surface area contributed by atoms with Crippen LogP contribution in [0.3, 0.4) is 0 Å². The highest BCUT2D eigenvalue weighted by Crippen LogP contribution is 2.39. The average molecular weight is 329 g/mol. The van der Waals surface area contributed by atoms with E-state index in [1.54, 1.807) is 0 Å². The van der Waals surface area contributed by atoms with E-state index in [-0.39, 0.29) is 19.1 Å². The van der Waals surface area contributed by atoms with Crippen molar-refractivity contribution in [3.05, 3.63) is 0 Å². The number of hydrogen-bond donors (Lipinski definition) is 3. The molecule has 1 aliphatic rings. The van der Waals surface area contributed by atoms with Gasteiger partial charge in [-0.05, 0) is 19.3 Å². The first kappa shape index (κ1) is 17.3. The van der Waals surface area contributed by atoms with Gasteiger partial charge < -0.3 is 15.1 Å². The molecule has 1 atom stereocenters. The number of nitrogens with one attached hydrogen (secondary N) is 1. The van der Waals surface area contributed by atoms with Crippen LogP contribution >= 0.6 is 29.4 Å². The Morgan fingerprint density at radius 3 is 2.84 bits per heavy atom. The first-order chi connectivity index (χ1) is 8.97. The minimum absolute atomic E-state index is 0.0947. The van der Waals surface area contributed by atoms with Crippen LogP contribution in [0.2, 0.25) is 0 Å². The quantitative estimate of drug-likeness (QED) is 0.338. The fourth-order valence-electron chi connectivity index (χ4n) is 1.67. The lowest BCUT2D eigenvalue weighted by atomic mass is 10.1. The second kappa shape index (κ2) is 9.26. The summed E-state index contributed by atoms with van der Waals surface area (Å²) in [7, 11) is -0.552. The van der Waals surface area contributed by atoms with Gasteiger partial charge in [0.2, 0.25) is 5.91 Å². The third-order valence-electron chi connectivity index (χ3n) is 2.59. The lowest BCUT2D eigenvalue weighted by Gasteiger charge is -2.08. The Morgan fingerprint density at radius 2 is 2.21 bits per heavy atom. The molecule has 0 aromatic rings. The van der Waals surface area contributed by atoms with E-state index in [2.05, 4.69) is 9.84 Å². The minimum Gasteiger partial charge on any atom is -0.354 e. The third kappa shape index (κ3) is 9.76. The fraction of sp³-hybridized carbons (Fsp3) is 0.900. The van der Waals surface area contributed by atoms with Crippen molar-refractivity contribution >= 4 is 35.3 Å². The van der Waals surface area contributed by atoms with Crippen LogP contribution in [0.5, 0.6) is 0 Å². The molecule has 0 spiro atoms. The molecule has 1 rings (SSSR count). The summed E-state index contributed by atoms with van der Waals surface area (Å²) >= 11 is 0. The highest BCUT2D eigenvalue weighted by molar-refractivity contribution is 8.77. The Hall–Kier alpha value is 0.280. The molecule has 19 heavy (non-hydrogen) atoms. The molecule has 0 saturated carbocycles. The summed E-state index contributed by atoms with van der Waals surface area (Å²) in [6.45, 7) is -0.0506.